The Kier molecular flexibility index (Phi) is 11.1. The summed E-state index contributed by atoms with van der Waals surface area (Å²) < 4.78 is 0. The van der Waals surface area contributed by atoms with E-state index in [9.17, 15) is 33.9 Å². The lowest BCUT2D eigenvalue weighted by molar-refractivity contribution is -0.144. The van der Waals surface area contributed by atoms with Gasteiger partial charge in [-0.1, -0.05) is 13.8 Å². The average Bonchev–Trinajstić information content (AvgIpc) is 2.62. The molecule has 0 aliphatic carbocycles. The van der Waals surface area contributed by atoms with Crippen LogP contribution < -0.4 is 27.4 Å². The number of hydrogen-bond acceptors (Lipinski definition) is 8. The van der Waals surface area contributed by atoms with Crippen molar-refractivity contribution in [2.45, 2.75) is 63.9 Å². The lowest BCUT2D eigenvalue weighted by atomic mass is 10.0. The van der Waals surface area contributed by atoms with Crippen molar-refractivity contribution in [1.29, 1.82) is 0 Å². The lowest BCUT2D eigenvalue weighted by Gasteiger charge is -2.26. The summed E-state index contributed by atoms with van der Waals surface area (Å²) in [5, 5.41) is 33.9. The van der Waals surface area contributed by atoms with Crippen LogP contribution >= 0.6 is 0 Å². The van der Waals surface area contributed by atoms with E-state index in [1.807, 2.05) is 0 Å². The minimum Gasteiger partial charge on any atom is -0.481 e. The Hall–Kier alpha value is -3.26. The van der Waals surface area contributed by atoms with Crippen LogP contribution in [-0.4, -0.2) is 81.2 Å². The molecule has 0 aliphatic rings. The van der Waals surface area contributed by atoms with E-state index < -0.39 is 84.6 Å². The van der Waals surface area contributed by atoms with Crippen molar-refractivity contribution >= 4 is 35.6 Å². The molecule has 0 aromatic heterocycles. The summed E-state index contributed by atoms with van der Waals surface area (Å²) in [4.78, 5) is 70.3. The van der Waals surface area contributed by atoms with Crippen molar-refractivity contribution in [2.24, 2.45) is 17.4 Å². The molecule has 0 spiro atoms. The molecule has 0 fully saturated rings. The first-order valence-corrected chi connectivity index (χ1v) is 9.25. The number of nitrogens with two attached hydrogens (primary N) is 2. The largest absolute Gasteiger partial charge is 0.481 e. The topological polar surface area (TPSA) is 251 Å². The molecule has 0 aromatic carbocycles. The van der Waals surface area contributed by atoms with Crippen molar-refractivity contribution in [2.75, 3.05) is 0 Å². The van der Waals surface area contributed by atoms with Crippen molar-refractivity contribution < 1.29 is 44.1 Å². The summed E-state index contributed by atoms with van der Waals surface area (Å²) in [5.41, 5.74) is 10.4. The van der Waals surface area contributed by atoms with Gasteiger partial charge < -0.3 is 42.7 Å². The summed E-state index contributed by atoms with van der Waals surface area (Å²) in [6.07, 6.45) is -2.81. The van der Waals surface area contributed by atoms with Crippen LogP contribution in [0.2, 0.25) is 0 Å². The number of hydrogen-bond donors (Lipinski definition) is 8. The number of carboxylic acids is 2. The van der Waals surface area contributed by atoms with E-state index in [0.29, 0.717) is 0 Å². The predicted molar refractivity (Wildman–Crippen MR) is 104 cm³/mol. The number of amides is 4. The third kappa shape index (κ3) is 9.86. The minimum atomic E-state index is -1.64. The number of nitrogens with one attached hydrogen (secondary N) is 3. The van der Waals surface area contributed by atoms with Crippen LogP contribution in [0.4, 0.5) is 0 Å². The second-order valence-electron chi connectivity index (χ2n) is 7.23. The van der Waals surface area contributed by atoms with Crippen LogP contribution in [0.5, 0.6) is 0 Å². The van der Waals surface area contributed by atoms with Gasteiger partial charge in [0, 0.05) is 0 Å². The summed E-state index contributed by atoms with van der Waals surface area (Å²) >= 11 is 0. The van der Waals surface area contributed by atoms with Crippen molar-refractivity contribution in [1.82, 2.24) is 16.0 Å². The molecule has 0 saturated carbocycles. The minimum absolute atomic E-state index is 0.590. The molecule has 176 valence electrons. The molecular weight excluding hydrogens is 418 g/mol. The fourth-order valence-electron chi connectivity index (χ4n) is 2.32. The Morgan fingerprint density at radius 3 is 1.71 bits per heavy atom. The number of aliphatic hydroxyl groups is 1. The van der Waals surface area contributed by atoms with Crippen molar-refractivity contribution in [3.8, 4) is 0 Å². The van der Waals surface area contributed by atoms with E-state index >= 15 is 0 Å². The van der Waals surface area contributed by atoms with Gasteiger partial charge in [-0.2, -0.15) is 0 Å². The lowest BCUT2D eigenvalue weighted by Crippen LogP contribution is -2.59. The number of carboxylic acid groups (broad SMARTS) is 2. The zero-order chi connectivity index (χ0) is 24.5. The fraction of sp³-hybridized carbons (Fsp3) is 0.647. The number of carbonyl (C=O) groups excluding carboxylic acids is 4. The number of carbonyl (C=O) groups is 6. The van der Waals surface area contributed by atoms with Crippen LogP contribution in [0, 0.1) is 5.92 Å². The van der Waals surface area contributed by atoms with Crippen molar-refractivity contribution in [3.05, 3.63) is 0 Å². The van der Waals surface area contributed by atoms with E-state index in [1.54, 1.807) is 0 Å². The first kappa shape index (κ1) is 27.7. The molecule has 4 amide bonds. The van der Waals surface area contributed by atoms with Gasteiger partial charge >= 0.3 is 11.9 Å². The van der Waals surface area contributed by atoms with Crippen LogP contribution in [0.25, 0.3) is 0 Å². The predicted octanol–water partition coefficient (Wildman–Crippen LogP) is -3.76. The normalized spacial score (nSPS) is 15.7. The Labute approximate surface area is 177 Å². The molecule has 0 saturated heterocycles. The Morgan fingerprint density at radius 2 is 1.32 bits per heavy atom. The SMILES string of the molecule is CC(C)C(NC(=O)C(CC(=O)O)NC(=O)C(N)C(C)O)C(=O)NC(CC(N)=O)C(=O)O. The molecule has 14 heteroatoms. The van der Waals surface area contributed by atoms with Crippen LogP contribution in [0.1, 0.15) is 33.6 Å². The number of aliphatic carboxylic acids is 2. The highest BCUT2D eigenvalue weighted by Gasteiger charge is 2.33. The Balaban J connectivity index is 5.48. The van der Waals surface area contributed by atoms with E-state index in [0.717, 1.165) is 0 Å². The number of rotatable bonds is 13. The van der Waals surface area contributed by atoms with Gasteiger partial charge in [0.2, 0.25) is 23.6 Å². The highest BCUT2D eigenvalue weighted by atomic mass is 16.4. The average molecular weight is 447 g/mol. The maximum absolute atomic E-state index is 12.6. The summed E-state index contributed by atoms with van der Waals surface area (Å²) in [7, 11) is 0. The monoisotopic (exact) mass is 447 g/mol. The number of primary amides is 1. The quantitative estimate of drug-likeness (QED) is 0.137. The molecule has 0 rings (SSSR count). The molecule has 14 nitrogen and oxygen atoms in total. The third-order valence-corrected chi connectivity index (χ3v) is 4.10. The summed E-state index contributed by atoms with van der Waals surface area (Å²) in [6.45, 7) is 4.26. The van der Waals surface area contributed by atoms with Gasteiger partial charge in [0.05, 0.1) is 18.9 Å². The highest BCUT2D eigenvalue weighted by molar-refractivity contribution is 5.96. The maximum atomic E-state index is 12.6. The van der Waals surface area contributed by atoms with E-state index in [4.69, 9.17) is 21.7 Å². The standard InChI is InChI=1S/C17H29N5O9/c1-6(2)13(16(29)21-9(17(30)31)4-10(18)24)22-14(27)8(5-11(25)26)20-15(28)12(19)7(3)23/h6-9,12-13,23H,4-5,19H2,1-3H3,(H2,18,24)(H,20,28)(H,21,29)(H,22,27)(H,25,26)(H,30,31). The van der Waals surface area contributed by atoms with Crippen molar-refractivity contribution in [3.63, 3.8) is 0 Å². The first-order valence-electron chi connectivity index (χ1n) is 9.25. The van der Waals surface area contributed by atoms with E-state index in [-0.39, 0.29) is 0 Å². The summed E-state index contributed by atoms with van der Waals surface area (Å²) in [6, 6.07) is -6.04. The molecule has 10 N–H and O–H groups in total. The van der Waals surface area contributed by atoms with E-state index in [1.165, 1.54) is 20.8 Å². The van der Waals surface area contributed by atoms with Gasteiger partial charge in [-0.15, -0.1) is 0 Å². The zero-order valence-corrected chi connectivity index (χ0v) is 17.3. The highest BCUT2D eigenvalue weighted by Crippen LogP contribution is 2.06. The number of aliphatic hydroxyl groups excluding tert-OH is 1. The molecule has 0 aliphatic heterocycles. The molecule has 5 atom stereocenters. The van der Waals surface area contributed by atoms with Gasteiger partial charge in [-0.05, 0) is 12.8 Å². The van der Waals surface area contributed by atoms with Gasteiger partial charge in [-0.3, -0.25) is 24.0 Å². The Bertz CT molecular complexity index is 710. The van der Waals surface area contributed by atoms with Crippen LogP contribution in [-0.2, 0) is 28.8 Å². The molecule has 0 aromatic rings. The van der Waals surface area contributed by atoms with E-state index in [2.05, 4.69) is 16.0 Å². The summed E-state index contributed by atoms with van der Waals surface area (Å²) in [5.74, 6) is -7.53. The third-order valence-electron chi connectivity index (χ3n) is 4.10. The first-order chi connectivity index (χ1) is 14.2. The van der Waals surface area contributed by atoms with Gasteiger partial charge in [0.15, 0.2) is 0 Å². The van der Waals surface area contributed by atoms with Crippen LogP contribution in [0.3, 0.4) is 0 Å². The second kappa shape index (κ2) is 12.4. The van der Waals surface area contributed by atoms with Crippen LogP contribution in [0.15, 0.2) is 0 Å². The maximum Gasteiger partial charge on any atom is 0.326 e. The molecule has 31 heavy (non-hydrogen) atoms. The zero-order valence-electron chi connectivity index (χ0n) is 17.3. The van der Waals surface area contributed by atoms with Gasteiger partial charge in [-0.25, -0.2) is 4.79 Å². The molecule has 5 unspecified atom stereocenters. The molecule has 0 bridgehead atoms. The van der Waals surface area contributed by atoms with Gasteiger partial charge in [0.1, 0.15) is 24.2 Å². The molecular formula is C17H29N5O9. The molecule has 0 heterocycles. The fourth-order valence-corrected chi connectivity index (χ4v) is 2.32. The second-order valence-corrected chi connectivity index (χ2v) is 7.23. The van der Waals surface area contributed by atoms with Gasteiger partial charge in [0.25, 0.3) is 0 Å². The Morgan fingerprint density at radius 1 is 0.806 bits per heavy atom. The smallest absolute Gasteiger partial charge is 0.326 e. The molecule has 0 radical (unpaired) electrons.